The zero-order chi connectivity index (χ0) is 49.6. The number of hydrogen-bond donors (Lipinski definition) is 13. The number of likely N-dealkylation sites (tertiary alicyclic amines) is 1. The molecule has 0 unspecified atom stereocenters. The van der Waals surface area contributed by atoms with Crippen LogP contribution in [0.25, 0.3) is 0 Å². The summed E-state index contributed by atoms with van der Waals surface area (Å²) in [5.74, 6) is -8.80. The van der Waals surface area contributed by atoms with Crippen LogP contribution in [0.5, 0.6) is 0 Å². The second kappa shape index (κ2) is 27.4. The third-order valence-corrected chi connectivity index (χ3v) is 9.41. The molecule has 0 bridgehead atoms. The average molecular weight is 932 g/mol. The van der Waals surface area contributed by atoms with Crippen molar-refractivity contribution in [3.05, 3.63) is 35.9 Å². The number of halogens is 3. The third kappa shape index (κ3) is 21.0. The van der Waals surface area contributed by atoms with Crippen molar-refractivity contribution >= 4 is 59.3 Å². The number of benzene rings is 1. The molecule has 1 aliphatic rings. The molecule has 24 nitrogen and oxygen atoms in total. The normalized spacial score (nSPS) is 16.5. The lowest BCUT2D eigenvalue weighted by atomic mass is 10.0. The van der Waals surface area contributed by atoms with E-state index in [0.29, 0.717) is 24.8 Å². The van der Waals surface area contributed by atoms with Crippen LogP contribution in [0.3, 0.4) is 0 Å². The number of nitrogens with two attached hydrogens (primary N) is 5. The SMILES string of the molecule is C[C@H](NC(=O)[C@H](C)NC(=O)[C@H](CCCN=C(N)N)NC(=O)[C@@H]1CCCN1C(=O)[C@@H](N)CCCN=C(N)N)C(=O)N[C@H](C(=O)N[C@@H](Cc1ccccc1)C(=O)O)[C@@H](C)O.O=C(O)C(F)(F)F. The summed E-state index contributed by atoms with van der Waals surface area (Å²) in [6.07, 6.45) is -4.75. The van der Waals surface area contributed by atoms with Gasteiger partial charge >= 0.3 is 18.1 Å². The maximum atomic E-state index is 13.5. The van der Waals surface area contributed by atoms with Gasteiger partial charge in [0.15, 0.2) is 11.9 Å². The van der Waals surface area contributed by atoms with Gasteiger partial charge in [0.1, 0.15) is 36.3 Å². The molecule has 1 fully saturated rings. The van der Waals surface area contributed by atoms with Crippen molar-refractivity contribution in [3.8, 4) is 0 Å². The molecule has 1 saturated heterocycles. The van der Waals surface area contributed by atoms with Gasteiger partial charge in [0, 0.05) is 26.1 Å². The summed E-state index contributed by atoms with van der Waals surface area (Å²) >= 11 is 0. The summed E-state index contributed by atoms with van der Waals surface area (Å²) < 4.78 is 31.7. The van der Waals surface area contributed by atoms with Crippen LogP contribution in [0.2, 0.25) is 0 Å². The highest BCUT2D eigenvalue weighted by Crippen LogP contribution is 2.20. The van der Waals surface area contributed by atoms with Crippen molar-refractivity contribution in [2.45, 2.75) is 120 Å². The number of aliphatic hydroxyl groups is 1. The molecular formula is C38H60F3N13O11. The minimum absolute atomic E-state index is 0.0450. The molecule has 65 heavy (non-hydrogen) atoms. The molecule has 2 rings (SSSR count). The van der Waals surface area contributed by atoms with Gasteiger partial charge in [-0.3, -0.25) is 38.8 Å². The fourth-order valence-electron chi connectivity index (χ4n) is 5.98. The summed E-state index contributed by atoms with van der Waals surface area (Å²) in [4.78, 5) is 109. The highest BCUT2D eigenvalue weighted by atomic mass is 19.4. The summed E-state index contributed by atoms with van der Waals surface area (Å²) in [5, 5.41) is 39.4. The number of rotatable bonds is 23. The average Bonchev–Trinajstić information content (AvgIpc) is 3.72. The van der Waals surface area contributed by atoms with Crippen LogP contribution in [-0.4, -0.2) is 154 Å². The summed E-state index contributed by atoms with van der Waals surface area (Å²) in [7, 11) is 0. The number of aliphatic imine (C=N–C) groups is 2. The number of hydrogen-bond acceptors (Lipinski definition) is 12. The molecule has 8 atom stereocenters. The number of carboxylic acid groups (broad SMARTS) is 2. The number of carbonyl (C=O) groups excluding carboxylic acids is 6. The zero-order valence-corrected chi connectivity index (χ0v) is 36.0. The molecule has 0 radical (unpaired) electrons. The molecule has 0 aliphatic carbocycles. The number of nitrogens with zero attached hydrogens (tertiary/aromatic N) is 3. The fourth-order valence-corrected chi connectivity index (χ4v) is 5.98. The van der Waals surface area contributed by atoms with Gasteiger partial charge in [0.05, 0.1) is 12.1 Å². The van der Waals surface area contributed by atoms with E-state index < -0.39 is 102 Å². The van der Waals surface area contributed by atoms with Gasteiger partial charge in [-0.2, -0.15) is 13.2 Å². The molecule has 0 saturated carbocycles. The monoisotopic (exact) mass is 931 g/mol. The predicted octanol–water partition coefficient (Wildman–Crippen LogP) is -3.78. The maximum absolute atomic E-state index is 13.5. The van der Waals surface area contributed by atoms with Crippen molar-refractivity contribution < 1.29 is 66.8 Å². The first-order valence-corrected chi connectivity index (χ1v) is 20.2. The Morgan fingerprint density at radius 2 is 1.26 bits per heavy atom. The van der Waals surface area contributed by atoms with Crippen molar-refractivity contribution in [1.82, 2.24) is 31.5 Å². The van der Waals surface area contributed by atoms with E-state index >= 15 is 0 Å². The van der Waals surface area contributed by atoms with E-state index in [2.05, 4.69) is 36.6 Å². The highest BCUT2D eigenvalue weighted by Gasteiger charge is 2.39. The smallest absolute Gasteiger partial charge is 0.480 e. The van der Waals surface area contributed by atoms with Crippen molar-refractivity contribution in [1.29, 1.82) is 0 Å². The lowest BCUT2D eigenvalue weighted by Crippen LogP contribution is -2.60. The van der Waals surface area contributed by atoms with Crippen LogP contribution < -0.4 is 55.3 Å². The van der Waals surface area contributed by atoms with Crippen LogP contribution in [0.1, 0.15) is 64.9 Å². The van der Waals surface area contributed by atoms with E-state index in [0.717, 1.165) is 0 Å². The Kier molecular flexibility index (Phi) is 23.7. The van der Waals surface area contributed by atoms with E-state index in [1.54, 1.807) is 30.3 Å². The Labute approximate surface area is 371 Å². The second-order valence-corrected chi connectivity index (χ2v) is 14.8. The molecule has 0 spiro atoms. The van der Waals surface area contributed by atoms with Crippen LogP contribution in [0.15, 0.2) is 40.3 Å². The number of nitrogens with one attached hydrogen (secondary N) is 5. The van der Waals surface area contributed by atoms with Crippen LogP contribution in [0, 0.1) is 0 Å². The van der Waals surface area contributed by atoms with Gasteiger partial charge in [0.2, 0.25) is 35.4 Å². The molecule has 1 aliphatic heterocycles. The van der Waals surface area contributed by atoms with Crippen LogP contribution >= 0.6 is 0 Å². The van der Waals surface area contributed by atoms with Gasteiger partial charge in [-0.15, -0.1) is 0 Å². The van der Waals surface area contributed by atoms with Gasteiger partial charge in [0.25, 0.3) is 0 Å². The molecular weight excluding hydrogens is 871 g/mol. The third-order valence-electron chi connectivity index (χ3n) is 9.41. The Bertz CT molecular complexity index is 1850. The Morgan fingerprint density at radius 3 is 1.75 bits per heavy atom. The molecule has 1 heterocycles. The minimum atomic E-state index is -5.08. The number of carbonyl (C=O) groups is 8. The predicted molar refractivity (Wildman–Crippen MR) is 227 cm³/mol. The van der Waals surface area contributed by atoms with Crippen molar-refractivity contribution in [2.24, 2.45) is 38.7 Å². The van der Waals surface area contributed by atoms with Gasteiger partial charge in [-0.05, 0) is 64.9 Å². The lowest BCUT2D eigenvalue weighted by molar-refractivity contribution is -0.192. The first kappa shape index (κ1) is 56.2. The first-order valence-electron chi connectivity index (χ1n) is 20.2. The first-order chi connectivity index (χ1) is 30.3. The Morgan fingerprint density at radius 1 is 0.754 bits per heavy atom. The lowest BCUT2D eigenvalue weighted by Gasteiger charge is -2.29. The molecule has 27 heteroatoms. The molecule has 6 amide bonds. The topological polar surface area (TPSA) is 415 Å². The molecule has 1 aromatic carbocycles. The molecule has 0 aromatic heterocycles. The summed E-state index contributed by atoms with van der Waals surface area (Å²) in [6.45, 7) is 4.55. The molecule has 18 N–H and O–H groups in total. The Hall–Kier alpha value is -6.77. The van der Waals surface area contributed by atoms with E-state index in [1.807, 2.05) is 0 Å². The van der Waals surface area contributed by atoms with Gasteiger partial charge in [-0.25, -0.2) is 9.59 Å². The maximum Gasteiger partial charge on any atom is 0.490 e. The van der Waals surface area contributed by atoms with Crippen LogP contribution in [0.4, 0.5) is 13.2 Å². The highest BCUT2D eigenvalue weighted by molar-refractivity contribution is 5.97. The van der Waals surface area contributed by atoms with E-state index in [1.165, 1.54) is 25.7 Å². The number of guanidine groups is 2. The van der Waals surface area contributed by atoms with Crippen molar-refractivity contribution in [2.75, 3.05) is 19.6 Å². The standard InChI is InChI=1S/C36H59N13O9.C2HF3O2/c1-19(28(51)44-20(2)29(52)48-27(21(3)50)32(55)47-25(34(57)58)18-22-10-5-4-6-11-22)45-30(53)24(13-8-16-43-36(40)41)46-31(54)26-14-9-17-49(26)33(56)23(37)12-7-15-42-35(38)39;3-2(4,5)1(6)7/h4-6,10-11,19-21,23-27,50H,7-9,12-18,37H2,1-3H3,(H,44,51)(H,45,53)(H,46,54)(H,47,55)(H,48,52)(H,57,58)(H4,38,39,42)(H4,40,41,43);(H,6,7)/t19-,20-,21+,23-,24-,25-,26-,27-;/m0./s1. The van der Waals surface area contributed by atoms with Gasteiger partial charge in [-0.1, -0.05) is 30.3 Å². The number of amides is 6. The summed E-state index contributed by atoms with van der Waals surface area (Å²) in [5.41, 5.74) is 28.2. The molecule has 364 valence electrons. The quantitative estimate of drug-likeness (QED) is 0.0284. The number of carboxylic acids is 2. The minimum Gasteiger partial charge on any atom is -0.480 e. The van der Waals surface area contributed by atoms with Crippen LogP contribution in [-0.2, 0) is 44.8 Å². The fraction of sp³-hybridized carbons (Fsp3) is 0.579. The second-order valence-electron chi connectivity index (χ2n) is 14.8. The number of aliphatic hydroxyl groups excluding tert-OH is 1. The number of alkyl halides is 3. The summed E-state index contributed by atoms with van der Waals surface area (Å²) in [6, 6.07) is 0.0411. The molecule has 1 aromatic rings. The Balaban J connectivity index is 0.00000277. The largest absolute Gasteiger partial charge is 0.490 e. The van der Waals surface area contributed by atoms with E-state index in [9.17, 15) is 56.9 Å². The van der Waals surface area contributed by atoms with E-state index in [4.69, 9.17) is 38.6 Å². The van der Waals surface area contributed by atoms with E-state index in [-0.39, 0.29) is 57.2 Å². The van der Waals surface area contributed by atoms with Gasteiger partial charge < -0.3 is 75.5 Å². The number of aliphatic carboxylic acids is 2. The van der Waals surface area contributed by atoms with Crippen molar-refractivity contribution in [3.63, 3.8) is 0 Å². The zero-order valence-electron chi connectivity index (χ0n) is 36.0.